The van der Waals surface area contributed by atoms with Gasteiger partial charge in [-0.2, -0.15) is 0 Å². The Morgan fingerprint density at radius 1 is 1.24 bits per heavy atom. The van der Waals surface area contributed by atoms with Crippen molar-refractivity contribution < 1.29 is 9.90 Å². The van der Waals surface area contributed by atoms with Gasteiger partial charge >= 0.3 is 0 Å². The molecule has 0 radical (unpaired) electrons. The molecule has 1 saturated carbocycles. The van der Waals surface area contributed by atoms with Crippen LogP contribution in [0.5, 0.6) is 0 Å². The van der Waals surface area contributed by atoms with E-state index in [1.165, 1.54) is 11.1 Å². The van der Waals surface area contributed by atoms with E-state index >= 15 is 0 Å². The second-order valence-corrected chi connectivity index (χ2v) is 6.37. The lowest BCUT2D eigenvalue weighted by Gasteiger charge is -2.38. The zero-order chi connectivity index (χ0) is 12.0. The van der Waals surface area contributed by atoms with Crippen LogP contribution in [0.4, 0.5) is 0 Å². The summed E-state index contributed by atoms with van der Waals surface area (Å²) in [6.07, 6.45) is 2.17. The molecule has 2 nitrogen and oxygen atoms in total. The molecular weight excluding hydrogens is 280 g/mol. The molecule has 0 amide bonds. The molecule has 1 aromatic rings. The highest BCUT2D eigenvalue weighted by molar-refractivity contribution is 9.09. The number of aliphatic hydroxyl groups is 1. The summed E-state index contributed by atoms with van der Waals surface area (Å²) in [5.74, 6) is 0.217. The predicted molar refractivity (Wildman–Crippen MR) is 69.2 cm³/mol. The lowest BCUT2D eigenvalue weighted by Crippen LogP contribution is -2.47. The van der Waals surface area contributed by atoms with E-state index in [1.807, 2.05) is 12.1 Å². The summed E-state index contributed by atoms with van der Waals surface area (Å²) in [5, 5.41) is 9.66. The largest absolute Gasteiger partial charge is 0.393 e. The van der Waals surface area contributed by atoms with Crippen LogP contribution in [0.15, 0.2) is 24.3 Å². The third-order valence-electron chi connectivity index (χ3n) is 4.19. The van der Waals surface area contributed by atoms with Crippen LogP contribution in [0.1, 0.15) is 24.0 Å². The number of rotatable bonds is 0. The van der Waals surface area contributed by atoms with Crippen LogP contribution in [0.2, 0.25) is 0 Å². The molecule has 0 saturated heterocycles. The van der Waals surface area contributed by atoms with Gasteiger partial charge in [0.05, 0.1) is 6.10 Å². The van der Waals surface area contributed by atoms with E-state index in [2.05, 4.69) is 28.1 Å². The fraction of sp³-hybridized carbons (Fsp3) is 0.500. The highest BCUT2D eigenvalue weighted by Crippen LogP contribution is 2.48. The number of Topliss-reactive ketones (excluding diaryl/α,β-unsaturated/α-hetero) is 1. The molecule has 1 aromatic carbocycles. The first-order valence-corrected chi connectivity index (χ1v) is 6.95. The summed E-state index contributed by atoms with van der Waals surface area (Å²) in [4.78, 5) is 12.4. The molecule has 3 rings (SSSR count). The molecule has 17 heavy (non-hydrogen) atoms. The van der Waals surface area contributed by atoms with Crippen molar-refractivity contribution in [3.8, 4) is 0 Å². The van der Waals surface area contributed by atoms with Crippen LogP contribution in [0, 0.1) is 5.41 Å². The maximum atomic E-state index is 12.3. The van der Waals surface area contributed by atoms with Crippen molar-refractivity contribution >= 4 is 21.7 Å². The number of fused-ring (bicyclic) bond motifs is 1. The number of hydrogen-bond acceptors (Lipinski definition) is 2. The van der Waals surface area contributed by atoms with Crippen molar-refractivity contribution in [3.05, 3.63) is 35.4 Å². The standard InChI is InChI=1S/C14H15BrO2/c15-12-5-11(16)6-13(17)14(12)7-9-3-1-2-4-10(9)8-14/h1-4,11-12,16H,5-8H2/t11-,12-/m1/s1. The average molecular weight is 295 g/mol. The Bertz CT molecular complexity index is 444. The molecule has 2 aliphatic carbocycles. The normalized spacial score (nSPS) is 30.6. The minimum Gasteiger partial charge on any atom is -0.393 e. The third-order valence-corrected chi connectivity index (χ3v) is 5.44. The molecule has 2 atom stereocenters. The Hall–Kier alpha value is -0.670. The number of carbonyl (C=O) groups excluding carboxylic acids is 1. The average Bonchev–Trinajstić information content (AvgIpc) is 2.67. The number of carbonyl (C=O) groups is 1. The van der Waals surface area contributed by atoms with Crippen molar-refractivity contribution in [2.24, 2.45) is 5.41 Å². The van der Waals surface area contributed by atoms with Gasteiger partial charge in [-0.3, -0.25) is 4.79 Å². The van der Waals surface area contributed by atoms with Gasteiger partial charge in [0, 0.05) is 16.7 Å². The molecule has 2 aliphatic rings. The van der Waals surface area contributed by atoms with Gasteiger partial charge in [-0.15, -0.1) is 0 Å². The predicted octanol–water partition coefficient (Wildman–Crippen LogP) is 2.26. The number of alkyl halides is 1. The minimum absolute atomic E-state index is 0.0960. The zero-order valence-electron chi connectivity index (χ0n) is 9.53. The molecule has 90 valence electrons. The maximum Gasteiger partial charge on any atom is 0.143 e. The molecule has 0 unspecified atom stereocenters. The quantitative estimate of drug-likeness (QED) is 0.745. The molecule has 0 heterocycles. The van der Waals surface area contributed by atoms with Gasteiger partial charge in [0.15, 0.2) is 0 Å². The van der Waals surface area contributed by atoms with Crippen LogP contribution < -0.4 is 0 Å². The van der Waals surface area contributed by atoms with E-state index < -0.39 is 6.10 Å². The van der Waals surface area contributed by atoms with E-state index in [4.69, 9.17) is 0 Å². The summed E-state index contributed by atoms with van der Waals surface area (Å²) in [5.41, 5.74) is 2.28. The molecular formula is C14H15BrO2. The first kappa shape index (κ1) is 11.4. The van der Waals surface area contributed by atoms with Crippen molar-refractivity contribution in [1.29, 1.82) is 0 Å². The molecule has 1 N–H and O–H groups in total. The maximum absolute atomic E-state index is 12.3. The Morgan fingerprint density at radius 3 is 2.35 bits per heavy atom. The summed E-state index contributed by atoms with van der Waals surface area (Å²) < 4.78 is 0. The van der Waals surface area contributed by atoms with Crippen LogP contribution in [0.25, 0.3) is 0 Å². The third kappa shape index (κ3) is 1.67. The van der Waals surface area contributed by atoms with Crippen molar-refractivity contribution in [3.63, 3.8) is 0 Å². The monoisotopic (exact) mass is 294 g/mol. The van der Waals surface area contributed by atoms with Crippen molar-refractivity contribution in [2.45, 2.75) is 36.6 Å². The van der Waals surface area contributed by atoms with Crippen molar-refractivity contribution in [1.82, 2.24) is 0 Å². The van der Waals surface area contributed by atoms with E-state index in [9.17, 15) is 9.90 Å². The Kier molecular flexibility index (Phi) is 2.64. The van der Waals surface area contributed by atoms with E-state index in [-0.39, 0.29) is 16.0 Å². The lowest BCUT2D eigenvalue weighted by molar-refractivity contribution is -0.133. The van der Waals surface area contributed by atoms with Crippen LogP contribution >= 0.6 is 15.9 Å². The number of ketones is 1. The highest BCUT2D eigenvalue weighted by Gasteiger charge is 2.51. The fourth-order valence-corrected chi connectivity index (χ4v) is 4.21. The lowest BCUT2D eigenvalue weighted by atomic mass is 9.70. The number of halogens is 1. The van der Waals surface area contributed by atoms with Crippen LogP contribution in [-0.4, -0.2) is 21.8 Å². The Balaban J connectivity index is 1.97. The zero-order valence-corrected chi connectivity index (χ0v) is 11.1. The molecule has 0 aromatic heterocycles. The molecule has 1 fully saturated rings. The van der Waals surface area contributed by atoms with E-state index in [0.29, 0.717) is 12.8 Å². The van der Waals surface area contributed by atoms with Gasteiger partial charge in [-0.25, -0.2) is 0 Å². The van der Waals surface area contributed by atoms with Gasteiger partial charge in [0.1, 0.15) is 5.78 Å². The first-order valence-electron chi connectivity index (χ1n) is 6.04. The second kappa shape index (κ2) is 3.92. The summed E-state index contributed by atoms with van der Waals surface area (Å²) in [7, 11) is 0. The number of hydrogen-bond donors (Lipinski definition) is 1. The van der Waals surface area contributed by atoms with E-state index in [0.717, 1.165) is 12.8 Å². The number of benzene rings is 1. The SMILES string of the molecule is O=C1C[C@H](O)C[C@@H](Br)C12Cc1ccccc1C2. The first-order chi connectivity index (χ1) is 8.12. The van der Waals surface area contributed by atoms with Crippen molar-refractivity contribution in [2.75, 3.05) is 0 Å². The van der Waals surface area contributed by atoms with Gasteiger partial charge in [0.2, 0.25) is 0 Å². The minimum atomic E-state index is -0.471. The summed E-state index contributed by atoms with van der Waals surface area (Å²) in [6.45, 7) is 0. The Morgan fingerprint density at radius 2 is 1.82 bits per heavy atom. The van der Waals surface area contributed by atoms with Gasteiger partial charge in [0.25, 0.3) is 0 Å². The summed E-state index contributed by atoms with van der Waals surface area (Å²) >= 11 is 3.63. The number of aliphatic hydroxyl groups excluding tert-OH is 1. The van der Waals surface area contributed by atoms with Gasteiger partial charge in [-0.05, 0) is 30.4 Å². The second-order valence-electron chi connectivity index (χ2n) is 5.26. The highest BCUT2D eigenvalue weighted by atomic mass is 79.9. The van der Waals surface area contributed by atoms with Gasteiger partial charge < -0.3 is 5.11 Å². The topological polar surface area (TPSA) is 37.3 Å². The molecule has 0 bridgehead atoms. The van der Waals surface area contributed by atoms with Crippen LogP contribution in [0.3, 0.4) is 0 Å². The van der Waals surface area contributed by atoms with E-state index in [1.54, 1.807) is 0 Å². The molecule has 3 heteroatoms. The fourth-order valence-electron chi connectivity index (χ4n) is 3.20. The molecule has 1 spiro atoms. The Labute approximate surface area is 109 Å². The van der Waals surface area contributed by atoms with Crippen LogP contribution in [-0.2, 0) is 17.6 Å². The molecule has 0 aliphatic heterocycles. The summed E-state index contributed by atoms with van der Waals surface area (Å²) in [6, 6.07) is 8.29. The smallest absolute Gasteiger partial charge is 0.143 e. The van der Waals surface area contributed by atoms with Gasteiger partial charge in [-0.1, -0.05) is 40.2 Å².